The summed E-state index contributed by atoms with van der Waals surface area (Å²) in [6, 6.07) is 8.16. The van der Waals surface area contributed by atoms with E-state index in [-0.39, 0.29) is 64.8 Å². The van der Waals surface area contributed by atoms with Crippen molar-refractivity contribution >= 4 is 50.9 Å². The Morgan fingerprint density at radius 2 is 1.89 bits per heavy atom. The second-order valence-electron chi connectivity index (χ2n) is 11.5. The molecule has 3 aromatic rings. The number of pyridine rings is 1. The van der Waals surface area contributed by atoms with Crippen molar-refractivity contribution in [2.75, 3.05) is 23.1 Å². The maximum Gasteiger partial charge on any atom is 0.407 e. The molecule has 5 rings (SSSR count). The van der Waals surface area contributed by atoms with Crippen LogP contribution in [0.3, 0.4) is 0 Å². The first-order chi connectivity index (χ1) is 20.7. The third-order valence-electron chi connectivity index (χ3n) is 8.01. The van der Waals surface area contributed by atoms with Gasteiger partial charge in [-0.3, -0.25) is 0 Å². The Balaban J connectivity index is 1.82. The third kappa shape index (κ3) is 5.33. The summed E-state index contributed by atoms with van der Waals surface area (Å²) in [6.07, 6.45) is -1.08. The number of amides is 1. The summed E-state index contributed by atoms with van der Waals surface area (Å²) < 4.78 is 49.1. The number of nitrogens with two attached hydrogens (primary N) is 1. The minimum absolute atomic E-state index is 0.0220. The van der Waals surface area contributed by atoms with Crippen LogP contribution in [0.4, 0.5) is 26.4 Å². The number of fused-ring (bicyclic) bond motifs is 1. The van der Waals surface area contributed by atoms with Crippen LogP contribution >= 0.6 is 11.6 Å². The van der Waals surface area contributed by atoms with Gasteiger partial charge in [-0.15, -0.1) is 4.40 Å². The second-order valence-corrected chi connectivity index (χ2v) is 13.4. The van der Waals surface area contributed by atoms with E-state index in [1.807, 2.05) is 13.8 Å². The highest BCUT2D eigenvalue weighted by molar-refractivity contribution is 7.92. The lowest BCUT2D eigenvalue weighted by Crippen LogP contribution is -2.60. The summed E-state index contributed by atoms with van der Waals surface area (Å²) in [6.45, 7) is 9.07. The normalized spacial score (nSPS) is 19.7. The number of benzene rings is 2. The van der Waals surface area contributed by atoms with Crippen molar-refractivity contribution in [1.82, 2.24) is 14.8 Å². The van der Waals surface area contributed by atoms with Crippen LogP contribution in [0.2, 0.25) is 5.02 Å². The van der Waals surface area contributed by atoms with Gasteiger partial charge in [-0.05, 0) is 61.6 Å². The largest absolute Gasteiger partial charge is 0.465 e. The molecular weight excluding hydrogens is 611 g/mol. The van der Waals surface area contributed by atoms with Gasteiger partial charge in [-0.1, -0.05) is 43.6 Å². The molecule has 1 aromatic heterocycles. The number of aryl methyl sites for hydroxylation is 1. The van der Waals surface area contributed by atoms with Crippen LogP contribution in [0.1, 0.15) is 55.9 Å². The molecule has 1 amide bonds. The first kappa shape index (κ1) is 31.5. The molecule has 0 aliphatic carbocycles. The van der Waals surface area contributed by atoms with E-state index in [0.29, 0.717) is 22.4 Å². The van der Waals surface area contributed by atoms with Crippen molar-refractivity contribution in [1.29, 1.82) is 0 Å². The van der Waals surface area contributed by atoms with Gasteiger partial charge in [0, 0.05) is 30.9 Å². The minimum Gasteiger partial charge on any atom is -0.465 e. The van der Waals surface area contributed by atoms with E-state index in [4.69, 9.17) is 22.3 Å². The Hall–Kier alpha value is -3.94. The smallest absolute Gasteiger partial charge is 0.407 e. The molecule has 11 nitrogen and oxygen atoms in total. The number of rotatable bonds is 4. The number of carboxylic acid groups (broad SMARTS) is 1. The third-order valence-corrected chi connectivity index (χ3v) is 9.51. The molecule has 0 bridgehead atoms. The van der Waals surface area contributed by atoms with Gasteiger partial charge in [0.2, 0.25) is 0 Å². The molecule has 0 radical (unpaired) electrons. The number of amidine groups is 1. The highest BCUT2D eigenvalue weighted by Crippen LogP contribution is 2.45. The Kier molecular flexibility index (Phi) is 8.25. The van der Waals surface area contributed by atoms with Crippen molar-refractivity contribution in [2.24, 2.45) is 4.40 Å². The Morgan fingerprint density at radius 3 is 2.50 bits per heavy atom. The van der Waals surface area contributed by atoms with Crippen molar-refractivity contribution in [3.63, 3.8) is 0 Å². The van der Waals surface area contributed by atoms with E-state index in [9.17, 15) is 23.4 Å². The SMILES string of the molecule is Cc1cc(CO)cc(C(C)C)c1N1c2nc(-c3c(N)cccc3F)c(Cl)cc2C(N2C[C@@H](C)N(C(=O)O)C[C@@H]2C)=NS1(=O)=O. The topological polar surface area (TPSA) is 153 Å². The summed E-state index contributed by atoms with van der Waals surface area (Å²) in [5.74, 6) is -0.853. The van der Waals surface area contributed by atoms with E-state index in [0.717, 1.165) is 4.31 Å². The van der Waals surface area contributed by atoms with E-state index in [1.54, 1.807) is 37.8 Å². The molecule has 44 heavy (non-hydrogen) atoms. The molecular formula is C30H34ClFN6O5S. The van der Waals surface area contributed by atoms with Crippen LogP contribution in [0.25, 0.3) is 11.3 Å². The average Bonchev–Trinajstić information content (AvgIpc) is 2.94. The van der Waals surface area contributed by atoms with Crippen LogP contribution in [0.5, 0.6) is 0 Å². The molecule has 14 heteroatoms. The van der Waals surface area contributed by atoms with Crippen LogP contribution < -0.4 is 10.0 Å². The monoisotopic (exact) mass is 644 g/mol. The van der Waals surface area contributed by atoms with Crippen molar-refractivity contribution in [3.05, 3.63) is 69.5 Å². The van der Waals surface area contributed by atoms with Crippen LogP contribution in [0.15, 0.2) is 40.8 Å². The summed E-state index contributed by atoms with van der Waals surface area (Å²) >= 11 is 6.75. The zero-order valence-corrected chi connectivity index (χ0v) is 26.5. The molecule has 2 aliphatic rings. The summed E-state index contributed by atoms with van der Waals surface area (Å²) in [4.78, 5) is 19.6. The summed E-state index contributed by atoms with van der Waals surface area (Å²) in [7, 11) is -4.53. The Bertz CT molecular complexity index is 1780. The van der Waals surface area contributed by atoms with Crippen LogP contribution in [0, 0.1) is 12.7 Å². The van der Waals surface area contributed by atoms with Crippen molar-refractivity contribution < 1.29 is 27.8 Å². The van der Waals surface area contributed by atoms with Gasteiger partial charge in [-0.2, -0.15) is 8.42 Å². The van der Waals surface area contributed by atoms with Crippen LogP contribution in [-0.2, 0) is 16.8 Å². The number of aromatic nitrogens is 1. The molecule has 2 atom stereocenters. The lowest BCUT2D eigenvalue weighted by atomic mass is 9.95. The molecule has 0 unspecified atom stereocenters. The second kappa shape index (κ2) is 11.5. The standard InChI is InChI=1S/C30H34ClFN6O5S/c1-15(2)20-10-19(14-39)9-16(3)27(20)38-28-21(11-22(31)26(34-28)25-23(32)7-6-8-24(25)33)29(35-44(38,42)43)36-12-18(5)37(30(40)41)13-17(36)4/h6-11,15,17-18,39H,12-14,33H2,1-5H3,(H,40,41)/t17-,18+/m0/s1. The van der Waals surface area contributed by atoms with Gasteiger partial charge >= 0.3 is 16.3 Å². The van der Waals surface area contributed by atoms with Gasteiger partial charge in [0.25, 0.3) is 0 Å². The molecule has 2 aliphatic heterocycles. The quantitative estimate of drug-likeness (QED) is 0.325. The number of nitrogen functional groups attached to an aromatic ring is 1. The fourth-order valence-corrected chi connectivity index (χ4v) is 7.47. The number of hydrogen-bond donors (Lipinski definition) is 3. The van der Waals surface area contributed by atoms with E-state index >= 15 is 4.39 Å². The summed E-state index contributed by atoms with van der Waals surface area (Å²) in [5.41, 5.74) is 8.46. The van der Waals surface area contributed by atoms with Crippen molar-refractivity contribution in [3.8, 4) is 11.3 Å². The van der Waals surface area contributed by atoms with Gasteiger partial charge in [0.15, 0.2) is 11.7 Å². The average molecular weight is 645 g/mol. The van der Waals surface area contributed by atoms with Gasteiger partial charge < -0.3 is 25.7 Å². The predicted molar refractivity (Wildman–Crippen MR) is 168 cm³/mol. The molecule has 234 valence electrons. The zero-order chi connectivity index (χ0) is 32.2. The minimum atomic E-state index is -4.53. The number of carbonyl (C=O) groups is 1. The maximum absolute atomic E-state index is 15.2. The molecule has 0 spiro atoms. The lowest BCUT2D eigenvalue weighted by molar-refractivity contribution is 0.0751. The highest BCUT2D eigenvalue weighted by atomic mass is 35.5. The fraction of sp³-hybridized carbons (Fsp3) is 0.367. The molecule has 4 N–H and O–H groups in total. The molecule has 3 heterocycles. The predicted octanol–water partition coefficient (Wildman–Crippen LogP) is 5.26. The van der Waals surface area contributed by atoms with E-state index in [1.165, 1.54) is 29.2 Å². The first-order valence-electron chi connectivity index (χ1n) is 14.1. The Morgan fingerprint density at radius 1 is 1.18 bits per heavy atom. The molecule has 0 saturated carbocycles. The maximum atomic E-state index is 15.2. The number of aliphatic hydroxyl groups is 1. The number of aliphatic hydroxyl groups excluding tert-OH is 1. The molecule has 1 fully saturated rings. The van der Waals surface area contributed by atoms with Gasteiger partial charge in [0.05, 0.1) is 34.1 Å². The van der Waals surface area contributed by atoms with E-state index in [2.05, 4.69) is 4.40 Å². The number of halogens is 2. The van der Waals surface area contributed by atoms with E-state index < -0.39 is 34.2 Å². The Labute approximate surface area is 260 Å². The number of piperazine rings is 1. The van der Waals surface area contributed by atoms with Crippen LogP contribution in [-0.4, -0.2) is 70.5 Å². The lowest BCUT2D eigenvalue weighted by Gasteiger charge is -2.45. The summed E-state index contributed by atoms with van der Waals surface area (Å²) in [5, 5.41) is 19.6. The zero-order valence-electron chi connectivity index (χ0n) is 24.9. The molecule has 1 saturated heterocycles. The molecule has 2 aromatic carbocycles. The number of nitrogens with zero attached hydrogens (tertiary/aromatic N) is 5. The number of anilines is 3. The fourth-order valence-electron chi connectivity index (χ4n) is 5.88. The highest BCUT2D eigenvalue weighted by Gasteiger charge is 2.42. The first-order valence-corrected chi connectivity index (χ1v) is 15.8. The number of hydrogen-bond acceptors (Lipinski definition) is 7. The van der Waals surface area contributed by atoms with Crippen molar-refractivity contribution in [2.45, 2.75) is 59.2 Å². The van der Waals surface area contributed by atoms with Gasteiger partial charge in [-0.25, -0.2) is 18.5 Å². The van der Waals surface area contributed by atoms with Gasteiger partial charge in [0.1, 0.15) is 5.82 Å².